The first-order chi connectivity index (χ1) is 13.3. The zero-order chi connectivity index (χ0) is 20.4. The zero-order valence-corrected chi connectivity index (χ0v) is 15.0. The maximum Gasteiger partial charge on any atom is 0.251 e. The van der Waals surface area contributed by atoms with Crippen LogP contribution in [0.5, 0.6) is 0 Å². The predicted molar refractivity (Wildman–Crippen MR) is 101 cm³/mol. The van der Waals surface area contributed by atoms with Crippen molar-refractivity contribution < 1.29 is 18.4 Å². The van der Waals surface area contributed by atoms with Crippen LogP contribution in [-0.4, -0.2) is 16.8 Å². The summed E-state index contributed by atoms with van der Waals surface area (Å²) in [5.74, 6) is -3.11. The summed E-state index contributed by atoms with van der Waals surface area (Å²) in [5, 5.41) is 0. The number of carbonyl (C=O) groups is 2. The van der Waals surface area contributed by atoms with Gasteiger partial charge in [0, 0.05) is 16.8 Å². The van der Waals surface area contributed by atoms with E-state index in [0.717, 1.165) is 6.07 Å². The smallest absolute Gasteiger partial charge is 0.251 e. The van der Waals surface area contributed by atoms with Gasteiger partial charge in [0.2, 0.25) is 0 Å². The quantitative estimate of drug-likeness (QED) is 0.708. The number of hydrogen-bond donors (Lipinski definition) is 2. The van der Waals surface area contributed by atoms with E-state index in [-0.39, 0.29) is 11.1 Å². The second kappa shape index (κ2) is 7.56. The van der Waals surface area contributed by atoms with E-state index in [2.05, 4.69) is 4.98 Å². The summed E-state index contributed by atoms with van der Waals surface area (Å²) in [7, 11) is 0. The average Bonchev–Trinajstić information content (AvgIpc) is 2.68. The van der Waals surface area contributed by atoms with Gasteiger partial charge in [-0.3, -0.25) is 14.6 Å². The normalized spacial score (nSPS) is 10.7. The SMILES string of the molecule is CCc1nc(-c2ccc(F)c(C(N)=O)c2)ccc1-c1ccc(F)c(C(N)=O)c1. The number of rotatable bonds is 5. The van der Waals surface area contributed by atoms with Crippen LogP contribution in [0.15, 0.2) is 48.5 Å². The minimum atomic E-state index is -0.864. The van der Waals surface area contributed by atoms with E-state index in [4.69, 9.17) is 11.5 Å². The van der Waals surface area contributed by atoms with Gasteiger partial charge in [0.15, 0.2) is 0 Å². The van der Waals surface area contributed by atoms with Gasteiger partial charge in [0.1, 0.15) is 11.6 Å². The number of nitrogens with two attached hydrogens (primary N) is 2. The van der Waals surface area contributed by atoms with Gasteiger partial charge in [-0.25, -0.2) is 8.78 Å². The summed E-state index contributed by atoms with van der Waals surface area (Å²) >= 11 is 0. The number of halogens is 2. The number of primary amides is 2. The van der Waals surface area contributed by atoms with Crippen molar-refractivity contribution in [1.82, 2.24) is 4.98 Å². The number of carbonyl (C=O) groups excluding carboxylic acids is 2. The van der Waals surface area contributed by atoms with Crippen LogP contribution in [0.25, 0.3) is 22.4 Å². The lowest BCUT2D eigenvalue weighted by Crippen LogP contribution is -2.13. The van der Waals surface area contributed by atoms with E-state index in [9.17, 15) is 18.4 Å². The van der Waals surface area contributed by atoms with Crippen molar-refractivity contribution in [2.75, 3.05) is 0 Å². The maximum atomic E-state index is 13.8. The minimum absolute atomic E-state index is 0.201. The lowest BCUT2D eigenvalue weighted by Gasteiger charge is -2.12. The molecule has 28 heavy (non-hydrogen) atoms. The van der Waals surface area contributed by atoms with Gasteiger partial charge < -0.3 is 11.5 Å². The zero-order valence-electron chi connectivity index (χ0n) is 15.0. The van der Waals surface area contributed by atoms with Crippen LogP contribution in [0.4, 0.5) is 8.78 Å². The number of hydrogen-bond acceptors (Lipinski definition) is 3. The van der Waals surface area contributed by atoms with Crippen molar-refractivity contribution in [3.8, 4) is 22.4 Å². The molecule has 1 heterocycles. The molecule has 0 radical (unpaired) electrons. The Labute approximate surface area is 160 Å². The van der Waals surface area contributed by atoms with Gasteiger partial charge >= 0.3 is 0 Å². The molecule has 4 N–H and O–H groups in total. The molecule has 3 aromatic rings. The molecular formula is C21H17F2N3O2. The number of pyridine rings is 1. The van der Waals surface area contributed by atoms with E-state index in [0.29, 0.717) is 34.5 Å². The molecule has 0 bridgehead atoms. The molecule has 0 unspecified atom stereocenters. The molecule has 0 aliphatic heterocycles. The maximum absolute atomic E-state index is 13.8. The topological polar surface area (TPSA) is 99.1 Å². The second-order valence-corrected chi connectivity index (χ2v) is 6.16. The highest BCUT2D eigenvalue weighted by Gasteiger charge is 2.15. The number of nitrogens with zero attached hydrogens (tertiary/aromatic N) is 1. The van der Waals surface area contributed by atoms with E-state index in [1.165, 1.54) is 24.3 Å². The van der Waals surface area contributed by atoms with Gasteiger partial charge in [-0.1, -0.05) is 19.1 Å². The highest BCUT2D eigenvalue weighted by Crippen LogP contribution is 2.29. The number of benzene rings is 2. The molecule has 142 valence electrons. The summed E-state index contributed by atoms with van der Waals surface area (Å²) in [4.78, 5) is 27.4. The Morgan fingerprint density at radius 2 is 1.39 bits per heavy atom. The van der Waals surface area contributed by atoms with Gasteiger partial charge in [-0.2, -0.15) is 0 Å². The molecular weight excluding hydrogens is 364 g/mol. The Bertz CT molecular complexity index is 1100. The summed E-state index contributed by atoms with van der Waals surface area (Å²) in [6, 6.07) is 11.6. The predicted octanol–water partition coefficient (Wildman–Crippen LogP) is 3.45. The highest BCUT2D eigenvalue weighted by molar-refractivity contribution is 5.95. The lowest BCUT2D eigenvalue weighted by atomic mass is 9.98. The highest BCUT2D eigenvalue weighted by atomic mass is 19.1. The standard InChI is InChI=1S/C21H17F2N3O2/c1-2-18-13(11-3-6-16(22)14(9-11)20(24)27)5-8-19(26-18)12-4-7-17(23)15(10-12)21(25)28/h3-10H,2H2,1H3,(H2,24,27)(H2,25,28). The molecule has 1 aromatic heterocycles. The molecule has 0 atom stereocenters. The first-order valence-corrected chi connectivity index (χ1v) is 8.51. The van der Waals surface area contributed by atoms with Crippen molar-refractivity contribution in [3.63, 3.8) is 0 Å². The van der Waals surface area contributed by atoms with E-state index in [1.807, 2.05) is 6.92 Å². The largest absolute Gasteiger partial charge is 0.366 e. The van der Waals surface area contributed by atoms with Crippen LogP contribution in [0.2, 0.25) is 0 Å². The molecule has 0 saturated carbocycles. The third kappa shape index (κ3) is 3.59. The first kappa shape index (κ1) is 19.2. The summed E-state index contributed by atoms with van der Waals surface area (Å²) < 4.78 is 27.5. The van der Waals surface area contributed by atoms with Crippen molar-refractivity contribution in [2.24, 2.45) is 11.5 Å². The second-order valence-electron chi connectivity index (χ2n) is 6.16. The Kier molecular flexibility index (Phi) is 5.17. The molecule has 2 aromatic carbocycles. The fraction of sp³-hybridized carbons (Fsp3) is 0.0952. The van der Waals surface area contributed by atoms with Crippen LogP contribution in [0.1, 0.15) is 33.3 Å². The molecule has 2 amide bonds. The van der Waals surface area contributed by atoms with Crippen LogP contribution < -0.4 is 11.5 Å². The monoisotopic (exact) mass is 381 g/mol. The minimum Gasteiger partial charge on any atom is -0.366 e. The molecule has 0 spiro atoms. The molecule has 0 aliphatic carbocycles. The van der Waals surface area contributed by atoms with E-state index in [1.54, 1.807) is 18.2 Å². The Hall–Kier alpha value is -3.61. The average molecular weight is 381 g/mol. The number of aromatic nitrogens is 1. The van der Waals surface area contributed by atoms with E-state index >= 15 is 0 Å². The molecule has 0 aliphatic rings. The van der Waals surface area contributed by atoms with Crippen LogP contribution in [-0.2, 0) is 6.42 Å². The summed E-state index contributed by atoms with van der Waals surface area (Å²) in [5.41, 5.74) is 13.1. The molecule has 0 fully saturated rings. The Morgan fingerprint density at radius 1 is 0.857 bits per heavy atom. The molecule has 5 nitrogen and oxygen atoms in total. The summed E-state index contributed by atoms with van der Waals surface area (Å²) in [6.45, 7) is 1.90. The van der Waals surface area contributed by atoms with Gasteiger partial charge in [0.05, 0.1) is 16.8 Å². The van der Waals surface area contributed by atoms with Crippen LogP contribution >= 0.6 is 0 Å². The third-order valence-corrected chi connectivity index (χ3v) is 4.38. The fourth-order valence-electron chi connectivity index (χ4n) is 2.95. The van der Waals surface area contributed by atoms with Gasteiger partial charge in [-0.15, -0.1) is 0 Å². The Balaban J connectivity index is 2.09. The van der Waals surface area contributed by atoms with E-state index < -0.39 is 23.4 Å². The van der Waals surface area contributed by atoms with Crippen molar-refractivity contribution >= 4 is 11.8 Å². The van der Waals surface area contributed by atoms with Gasteiger partial charge in [-0.05, 0) is 48.4 Å². The fourth-order valence-corrected chi connectivity index (χ4v) is 2.95. The lowest BCUT2D eigenvalue weighted by molar-refractivity contribution is 0.0987. The molecule has 0 saturated heterocycles. The van der Waals surface area contributed by atoms with Crippen LogP contribution in [0.3, 0.4) is 0 Å². The van der Waals surface area contributed by atoms with Crippen molar-refractivity contribution in [1.29, 1.82) is 0 Å². The van der Waals surface area contributed by atoms with Gasteiger partial charge in [0.25, 0.3) is 11.8 Å². The number of amides is 2. The molecule has 7 heteroatoms. The molecule has 3 rings (SSSR count). The third-order valence-electron chi connectivity index (χ3n) is 4.38. The first-order valence-electron chi connectivity index (χ1n) is 8.51. The number of aryl methyl sites for hydroxylation is 1. The van der Waals surface area contributed by atoms with Crippen molar-refractivity contribution in [3.05, 3.63) is 77.0 Å². The van der Waals surface area contributed by atoms with Crippen molar-refractivity contribution in [2.45, 2.75) is 13.3 Å². The summed E-state index contributed by atoms with van der Waals surface area (Å²) in [6.07, 6.45) is 0.552. The van der Waals surface area contributed by atoms with Crippen LogP contribution in [0, 0.1) is 11.6 Å². The Morgan fingerprint density at radius 3 is 1.93 bits per heavy atom.